The maximum atomic E-state index is 7.44. The maximum absolute atomic E-state index is 7.44. The zero-order valence-corrected chi connectivity index (χ0v) is 6.18. The first-order valence-electron chi connectivity index (χ1n) is 3.15. The van der Waals surface area contributed by atoms with Crippen molar-refractivity contribution in [3.63, 3.8) is 0 Å². The zero-order valence-electron chi connectivity index (χ0n) is 6.18. The molecule has 9 heavy (non-hydrogen) atoms. The first kappa shape index (κ1) is 6.39. The van der Waals surface area contributed by atoms with Gasteiger partial charge in [-0.25, -0.2) is 0 Å². The van der Waals surface area contributed by atoms with Crippen molar-refractivity contribution in [2.75, 3.05) is 20.6 Å². The van der Waals surface area contributed by atoms with Crippen LogP contribution in [0.25, 0.3) is 0 Å². The second-order valence-corrected chi connectivity index (χ2v) is 2.66. The van der Waals surface area contributed by atoms with Crippen LogP contribution in [0.4, 0.5) is 0 Å². The van der Waals surface area contributed by atoms with Gasteiger partial charge in [-0.1, -0.05) is 0 Å². The normalized spacial score (nSPS) is 27.9. The molecule has 1 saturated heterocycles. The van der Waals surface area contributed by atoms with E-state index in [0.717, 1.165) is 6.54 Å². The summed E-state index contributed by atoms with van der Waals surface area (Å²) in [4.78, 5) is 3.92. The summed E-state index contributed by atoms with van der Waals surface area (Å²) in [6.07, 6.45) is 0. The van der Waals surface area contributed by atoms with E-state index in [1.807, 2.05) is 23.9 Å². The van der Waals surface area contributed by atoms with E-state index in [1.165, 1.54) is 0 Å². The minimum absolute atomic E-state index is 0.502. The van der Waals surface area contributed by atoms with Crippen molar-refractivity contribution in [1.29, 1.82) is 5.41 Å². The van der Waals surface area contributed by atoms with Gasteiger partial charge in [0.15, 0.2) is 5.96 Å². The predicted octanol–water partition coefficient (Wildman–Crippen LogP) is 0.187. The molecule has 0 aromatic heterocycles. The molecule has 0 aromatic carbocycles. The summed E-state index contributed by atoms with van der Waals surface area (Å²) in [5, 5.41) is 7.44. The molecule has 1 heterocycles. The Bertz CT molecular complexity index is 132. The Morgan fingerprint density at radius 1 is 1.56 bits per heavy atom. The molecule has 0 aromatic rings. The molecular weight excluding hydrogens is 114 g/mol. The third kappa shape index (κ3) is 0.866. The average molecular weight is 127 g/mol. The molecule has 0 aliphatic carbocycles. The molecule has 52 valence electrons. The third-order valence-electron chi connectivity index (χ3n) is 1.89. The van der Waals surface area contributed by atoms with Crippen LogP contribution in [0.1, 0.15) is 6.92 Å². The first-order chi connectivity index (χ1) is 4.13. The molecule has 1 aliphatic heterocycles. The van der Waals surface area contributed by atoms with Gasteiger partial charge >= 0.3 is 0 Å². The lowest BCUT2D eigenvalue weighted by Gasteiger charge is -2.14. The highest BCUT2D eigenvalue weighted by atomic mass is 15.4. The lowest BCUT2D eigenvalue weighted by Crippen LogP contribution is -2.29. The zero-order chi connectivity index (χ0) is 7.02. The minimum atomic E-state index is 0.502. The van der Waals surface area contributed by atoms with Crippen molar-refractivity contribution in [2.24, 2.45) is 0 Å². The largest absolute Gasteiger partial charge is 0.344 e. The van der Waals surface area contributed by atoms with Gasteiger partial charge in [0.05, 0.1) is 0 Å². The Hall–Kier alpha value is -0.730. The van der Waals surface area contributed by atoms with Crippen molar-refractivity contribution >= 4 is 5.96 Å². The summed E-state index contributed by atoms with van der Waals surface area (Å²) >= 11 is 0. The molecule has 3 heteroatoms. The Balaban J connectivity index is 2.65. The third-order valence-corrected chi connectivity index (χ3v) is 1.89. The summed E-state index contributed by atoms with van der Waals surface area (Å²) in [7, 11) is 3.90. The smallest absolute Gasteiger partial charge is 0.193 e. The fourth-order valence-corrected chi connectivity index (χ4v) is 1.08. The molecule has 1 N–H and O–H groups in total. The van der Waals surface area contributed by atoms with Crippen LogP contribution >= 0.6 is 0 Å². The maximum Gasteiger partial charge on any atom is 0.193 e. The first-order valence-corrected chi connectivity index (χ1v) is 3.15. The number of nitrogens with zero attached hydrogens (tertiary/aromatic N) is 2. The topological polar surface area (TPSA) is 30.3 Å². The van der Waals surface area contributed by atoms with Crippen LogP contribution in [0.15, 0.2) is 0 Å². The number of likely N-dealkylation sites (N-methyl/N-ethyl adjacent to an activating group) is 2. The predicted molar refractivity (Wildman–Crippen MR) is 37.6 cm³/mol. The van der Waals surface area contributed by atoms with E-state index < -0.39 is 0 Å². The number of rotatable bonds is 0. The fourth-order valence-electron chi connectivity index (χ4n) is 1.08. The Labute approximate surface area is 55.8 Å². The van der Waals surface area contributed by atoms with Crippen LogP contribution in [-0.2, 0) is 0 Å². The van der Waals surface area contributed by atoms with Crippen LogP contribution in [0.3, 0.4) is 0 Å². The standard InChI is InChI=1S/C6H13N3/c1-5-4-8(2)6(7)9(5)3/h5,7H,4H2,1-3H3/t5-/m0/s1. The summed E-state index contributed by atoms with van der Waals surface area (Å²) in [5.41, 5.74) is 0. The second-order valence-electron chi connectivity index (χ2n) is 2.66. The number of guanidine groups is 1. The van der Waals surface area contributed by atoms with Gasteiger partial charge in [0, 0.05) is 26.7 Å². The van der Waals surface area contributed by atoms with Crippen LogP contribution < -0.4 is 0 Å². The van der Waals surface area contributed by atoms with Crippen LogP contribution in [-0.4, -0.2) is 42.4 Å². The number of hydrogen-bond donors (Lipinski definition) is 1. The van der Waals surface area contributed by atoms with Crippen molar-refractivity contribution < 1.29 is 0 Å². The van der Waals surface area contributed by atoms with Gasteiger partial charge in [-0.15, -0.1) is 0 Å². The van der Waals surface area contributed by atoms with Gasteiger partial charge < -0.3 is 9.80 Å². The van der Waals surface area contributed by atoms with Crippen LogP contribution in [0.5, 0.6) is 0 Å². The highest BCUT2D eigenvalue weighted by Gasteiger charge is 2.24. The lowest BCUT2D eigenvalue weighted by molar-refractivity contribution is 0.427. The molecular formula is C6H13N3. The molecule has 1 aliphatic rings. The minimum Gasteiger partial charge on any atom is -0.344 e. The quantitative estimate of drug-likeness (QED) is 0.503. The van der Waals surface area contributed by atoms with Crippen molar-refractivity contribution in [2.45, 2.75) is 13.0 Å². The van der Waals surface area contributed by atoms with Gasteiger partial charge in [-0.3, -0.25) is 5.41 Å². The molecule has 0 radical (unpaired) electrons. The van der Waals surface area contributed by atoms with Gasteiger partial charge in [-0.2, -0.15) is 0 Å². The molecule has 0 amide bonds. The van der Waals surface area contributed by atoms with Crippen molar-refractivity contribution in [3.05, 3.63) is 0 Å². The average Bonchev–Trinajstić information content (AvgIpc) is 1.98. The second kappa shape index (κ2) is 1.90. The molecule has 3 nitrogen and oxygen atoms in total. The molecule has 0 spiro atoms. The summed E-state index contributed by atoms with van der Waals surface area (Å²) in [5.74, 6) is 0.627. The summed E-state index contributed by atoms with van der Waals surface area (Å²) in [6, 6.07) is 0.502. The Morgan fingerprint density at radius 2 is 2.11 bits per heavy atom. The van der Waals surface area contributed by atoms with Gasteiger partial charge in [-0.05, 0) is 6.92 Å². The van der Waals surface area contributed by atoms with Crippen LogP contribution in [0, 0.1) is 5.41 Å². The Morgan fingerprint density at radius 3 is 2.22 bits per heavy atom. The van der Waals surface area contributed by atoms with E-state index in [4.69, 9.17) is 5.41 Å². The monoisotopic (exact) mass is 127 g/mol. The molecule has 0 unspecified atom stereocenters. The van der Waals surface area contributed by atoms with Crippen molar-refractivity contribution in [3.8, 4) is 0 Å². The lowest BCUT2D eigenvalue weighted by atomic mass is 10.3. The summed E-state index contributed by atoms with van der Waals surface area (Å²) < 4.78 is 0. The molecule has 0 saturated carbocycles. The summed E-state index contributed by atoms with van der Waals surface area (Å²) in [6.45, 7) is 3.10. The Kier molecular flexibility index (Phi) is 1.35. The van der Waals surface area contributed by atoms with Crippen molar-refractivity contribution in [1.82, 2.24) is 9.80 Å². The molecule has 0 bridgehead atoms. The molecule has 1 fully saturated rings. The highest BCUT2D eigenvalue weighted by Crippen LogP contribution is 2.08. The van der Waals surface area contributed by atoms with Crippen LogP contribution in [0.2, 0.25) is 0 Å². The van der Waals surface area contributed by atoms with E-state index in [1.54, 1.807) is 0 Å². The van der Waals surface area contributed by atoms with E-state index >= 15 is 0 Å². The van der Waals surface area contributed by atoms with E-state index in [0.29, 0.717) is 12.0 Å². The van der Waals surface area contributed by atoms with E-state index in [2.05, 4.69) is 6.92 Å². The number of hydrogen-bond acceptors (Lipinski definition) is 1. The fraction of sp³-hybridized carbons (Fsp3) is 0.833. The molecule has 1 atom stereocenters. The SMILES string of the molecule is C[C@H]1CN(C)C(=N)N1C. The van der Waals surface area contributed by atoms with E-state index in [9.17, 15) is 0 Å². The highest BCUT2D eigenvalue weighted by molar-refractivity contribution is 5.78. The van der Waals surface area contributed by atoms with Gasteiger partial charge in [0.1, 0.15) is 0 Å². The molecule has 1 rings (SSSR count). The van der Waals surface area contributed by atoms with Gasteiger partial charge in [0.25, 0.3) is 0 Å². The van der Waals surface area contributed by atoms with Gasteiger partial charge in [0.2, 0.25) is 0 Å². The number of nitrogens with one attached hydrogen (secondary N) is 1. The van der Waals surface area contributed by atoms with E-state index in [-0.39, 0.29) is 0 Å².